The fourth-order valence-corrected chi connectivity index (χ4v) is 2.20. The molecule has 2 aromatic heterocycles. The molecule has 2 rings (SSSR count). The van der Waals surface area contributed by atoms with Gasteiger partial charge in [-0.05, 0) is 6.07 Å². The molecule has 90 valence electrons. The lowest BCUT2D eigenvalue weighted by Gasteiger charge is -2.00. The van der Waals surface area contributed by atoms with Crippen molar-refractivity contribution in [2.24, 2.45) is 0 Å². The van der Waals surface area contributed by atoms with Crippen molar-refractivity contribution in [3.63, 3.8) is 0 Å². The standard InChI is InChI=1S/C11H10F2N2OS/c12-10(13)7-3-8(5-14-4-7)11-15-9(1-2-16)6-17-11/h3-6,10,16H,1-2H2. The van der Waals surface area contributed by atoms with Crippen LogP contribution in [0.1, 0.15) is 17.7 Å². The Labute approximate surface area is 101 Å². The third-order valence-corrected chi connectivity index (χ3v) is 3.12. The summed E-state index contributed by atoms with van der Waals surface area (Å²) in [4.78, 5) is 8.02. The number of thiazole rings is 1. The van der Waals surface area contributed by atoms with Crippen LogP contribution in [-0.4, -0.2) is 21.7 Å². The summed E-state index contributed by atoms with van der Waals surface area (Å²) in [7, 11) is 0. The van der Waals surface area contributed by atoms with E-state index in [0.717, 1.165) is 11.9 Å². The Hall–Kier alpha value is -1.40. The molecular weight excluding hydrogens is 246 g/mol. The molecule has 2 heterocycles. The third kappa shape index (κ3) is 2.83. The summed E-state index contributed by atoms with van der Waals surface area (Å²) in [6, 6.07) is 1.39. The van der Waals surface area contributed by atoms with Crippen LogP contribution in [0.2, 0.25) is 0 Å². The number of rotatable bonds is 4. The average molecular weight is 256 g/mol. The highest BCUT2D eigenvalue weighted by Crippen LogP contribution is 2.27. The van der Waals surface area contributed by atoms with Crippen molar-refractivity contribution in [3.05, 3.63) is 35.1 Å². The zero-order chi connectivity index (χ0) is 12.3. The first-order valence-corrected chi connectivity index (χ1v) is 5.87. The Balaban J connectivity index is 2.28. The molecule has 0 spiro atoms. The lowest BCUT2D eigenvalue weighted by molar-refractivity contribution is 0.151. The fraction of sp³-hybridized carbons (Fsp3) is 0.273. The van der Waals surface area contributed by atoms with E-state index in [2.05, 4.69) is 9.97 Å². The minimum atomic E-state index is -2.53. The number of hydrogen-bond donors (Lipinski definition) is 1. The van der Waals surface area contributed by atoms with Gasteiger partial charge in [0.2, 0.25) is 0 Å². The van der Waals surface area contributed by atoms with Crippen LogP contribution in [-0.2, 0) is 6.42 Å². The topological polar surface area (TPSA) is 46.0 Å². The van der Waals surface area contributed by atoms with Crippen LogP contribution in [0.4, 0.5) is 8.78 Å². The number of nitrogens with zero attached hydrogens (tertiary/aromatic N) is 2. The van der Waals surface area contributed by atoms with Gasteiger partial charge in [-0.3, -0.25) is 4.98 Å². The highest BCUT2D eigenvalue weighted by Gasteiger charge is 2.10. The van der Waals surface area contributed by atoms with Gasteiger partial charge in [-0.1, -0.05) is 0 Å². The number of aromatic nitrogens is 2. The molecule has 0 aliphatic rings. The number of halogens is 2. The lowest BCUT2D eigenvalue weighted by atomic mass is 10.2. The molecule has 0 amide bonds. The van der Waals surface area contributed by atoms with Crippen molar-refractivity contribution in [1.29, 1.82) is 0 Å². The molecule has 3 nitrogen and oxygen atoms in total. The third-order valence-electron chi connectivity index (χ3n) is 2.18. The van der Waals surface area contributed by atoms with Gasteiger partial charge in [0.05, 0.1) is 5.69 Å². The maximum absolute atomic E-state index is 12.5. The molecule has 0 aliphatic heterocycles. The monoisotopic (exact) mass is 256 g/mol. The van der Waals surface area contributed by atoms with Crippen LogP contribution in [0.5, 0.6) is 0 Å². The van der Waals surface area contributed by atoms with Crippen LogP contribution < -0.4 is 0 Å². The lowest BCUT2D eigenvalue weighted by Crippen LogP contribution is -1.91. The van der Waals surface area contributed by atoms with Crippen molar-refractivity contribution >= 4 is 11.3 Å². The molecule has 0 saturated carbocycles. The van der Waals surface area contributed by atoms with E-state index in [-0.39, 0.29) is 12.2 Å². The average Bonchev–Trinajstić information content (AvgIpc) is 2.78. The summed E-state index contributed by atoms with van der Waals surface area (Å²) >= 11 is 1.36. The molecule has 17 heavy (non-hydrogen) atoms. The van der Waals surface area contributed by atoms with Crippen LogP contribution in [0, 0.1) is 0 Å². The molecule has 0 saturated heterocycles. The molecule has 2 aromatic rings. The Morgan fingerprint density at radius 3 is 2.88 bits per heavy atom. The predicted octanol–water partition coefficient (Wildman–Crippen LogP) is 2.68. The largest absolute Gasteiger partial charge is 0.396 e. The first kappa shape index (κ1) is 12.1. The highest BCUT2D eigenvalue weighted by atomic mass is 32.1. The second-order valence-corrected chi connectivity index (χ2v) is 4.28. The molecule has 0 fully saturated rings. The second-order valence-electron chi connectivity index (χ2n) is 3.43. The normalized spacial score (nSPS) is 11.1. The van der Waals surface area contributed by atoms with Crippen molar-refractivity contribution in [2.45, 2.75) is 12.8 Å². The minimum absolute atomic E-state index is 0.0263. The van der Waals surface area contributed by atoms with Crippen molar-refractivity contribution in [1.82, 2.24) is 9.97 Å². The van der Waals surface area contributed by atoms with E-state index < -0.39 is 6.43 Å². The first-order valence-electron chi connectivity index (χ1n) is 4.99. The van der Waals surface area contributed by atoms with Gasteiger partial charge < -0.3 is 5.11 Å². The van der Waals surface area contributed by atoms with E-state index in [4.69, 9.17) is 5.11 Å². The smallest absolute Gasteiger partial charge is 0.265 e. The van der Waals surface area contributed by atoms with Gasteiger partial charge in [0.15, 0.2) is 0 Å². The Morgan fingerprint density at radius 2 is 2.18 bits per heavy atom. The Bertz CT molecular complexity index is 502. The molecule has 0 bridgehead atoms. The highest BCUT2D eigenvalue weighted by molar-refractivity contribution is 7.13. The molecule has 0 aromatic carbocycles. The van der Waals surface area contributed by atoms with Gasteiger partial charge in [-0.25, -0.2) is 13.8 Å². The summed E-state index contributed by atoms with van der Waals surface area (Å²) in [5.74, 6) is 0. The molecule has 0 atom stereocenters. The summed E-state index contributed by atoms with van der Waals surface area (Å²) in [5.41, 5.74) is 1.23. The fourth-order valence-electron chi connectivity index (χ4n) is 1.36. The van der Waals surface area contributed by atoms with Crippen molar-refractivity contribution in [2.75, 3.05) is 6.61 Å². The number of aliphatic hydroxyl groups excluding tert-OH is 1. The molecular formula is C11H10F2N2OS. The Kier molecular flexibility index (Phi) is 3.75. The molecule has 0 unspecified atom stereocenters. The summed E-state index contributed by atoms with van der Waals surface area (Å²) in [6.45, 7) is 0.0263. The predicted molar refractivity (Wildman–Crippen MR) is 61.1 cm³/mol. The van der Waals surface area contributed by atoms with Crippen LogP contribution >= 0.6 is 11.3 Å². The van der Waals surface area contributed by atoms with Crippen molar-refractivity contribution in [3.8, 4) is 10.6 Å². The zero-order valence-corrected chi connectivity index (χ0v) is 9.62. The summed E-state index contributed by atoms with van der Waals surface area (Å²) in [5, 5.41) is 11.2. The van der Waals surface area contributed by atoms with E-state index in [9.17, 15) is 8.78 Å². The van der Waals surface area contributed by atoms with E-state index in [0.29, 0.717) is 17.0 Å². The van der Waals surface area contributed by atoms with E-state index in [1.165, 1.54) is 23.6 Å². The Morgan fingerprint density at radius 1 is 1.35 bits per heavy atom. The molecule has 0 aliphatic carbocycles. The summed E-state index contributed by atoms with van der Waals surface area (Å²) in [6.07, 6.45) is 0.599. The van der Waals surface area contributed by atoms with Gasteiger partial charge in [-0.2, -0.15) is 0 Å². The van der Waals surface area contributed by atoms with E-state index in [1.54, 1.807) is 5.38 Å². The zero-order valence-electron chi connectivity index (χ0n) is 8.81. The number of alkyl halides is 2. The first-order chi connectivity index (χ1) is 8.20. The van der Waals surface area contributed by atoms with E-state index in [1.807, 2.05) is 0 Å². The van der Waals surface area contributed by atoms with Crippen LogP contribution in [0.25, 0.3) is 10.6 Å². The molecule has 6 heteroatoms. The number of pyridine rings is 1. The van der Waals surface area contributed by atoms with Gasteiger partial charge in [0, 0.05) is 41.9 Å². The van der Waals surface area contributed by atoms with Crippen LogP contribution in [0.15, 0.2) is 23.8 Å². The maximum Gasteiger partial charge on any atom is 0.265 e. The van der Waals surface area contributed by atoms with Gasteiger partial charge >= 0.3 is 0 Å². The quantitative estimate of drug-likeness (QED) is 0.914. The number of hydrogen-bond acceptors (Lipinski definition) is 4. The van der Waals surface area contributed by atoms with E-state index >= 15 is 0 Å². The minimum Gasteiger partial charge on any atom is -0.396 e. The SMILES string of the molecule is OCCc1csc(-c2cncc(C(F)F)c2)n1. The molecule has 0 radical (unpaired) electrons. The van der Waals surface area contributed by atoms with Crippen LogP contribution in [0.3, 0.4) is 0 Å². The van der Waals surface area contributed by atoms with Gasteiger partial charge in [0.25, 0.3) is 6.43 Å². The number of aliphatic hydroxyl groups is 1. The van der Waals surface area contributed by atoms with Crippen molar-refractivity contribution < 1.29 is 13.9 Å². The van der Waals surface area contributed by atoms with Gasteiger partial charge in [0.1, 0.15) is 5.01 Å². The van der Waals surface area contributed by atoms with Gasteiger partial charge in [-0.15, -0.1) is 11.3 Å². The second kappa shape index (κ2) is 5.29. The maximum atomic E-state index is 12.5. The summed E-state index contributed by atoms with van der Waals surface area (Å²) < 4.78 is 25.0. The molecule has 1 N–H and O–H groups in total.